The lowest BCUT2D eigenvalue weighted by Gasteiger charge is -2.36. The monoisotopic (exact) mass is 747 g/mol. The Morgan fingerprint density at radius 2 is 1.36 bits per heavy atom. The van der Waals surface area contributed by atoms with Crippen molar-refractivity contribution in [3.8, 4) is 0 Å². The van der Waals surface area contributed by atoms with Gasteiger partial charge in [0.1, 0.15) is 6.54 Å². The van der Waals surface area contributed by atoms with Gasteiger partial charge in [0.25, 0.3) is 17.4 Å². The second-order valence-corrected chi connectivity index (χ2v) is 15.0. The molecule has 4 heterocycles. The Balaban J connectivity index is 0.922. The van der Waals surface area contributed by atoms with Crippen molar-refractivity contribution in [2.24, 2.45) is 5.92 Å². The van der Waals surface area contributed by atoms with E-state index >= 15 is 0 Å². The molecular weight excluding hydrogens is 695 g/mol. The molecule has 11 nitrogen and oxygen atoms in total. The van der Waals surface area contributed by atoms with Crippen molar-refractivity contribution in [3.63, 3.8) is 0 Å². The maximum absolute atomic E-state index is 14.3. The highest BCUT2D eigenvalue weighted by atomic mass is 16.4. The van der Waals surface area contributed by atoms with Gasteiger partial charge in [-0.25, -0.2) is 0 Å². The molecule has 55 heavy (non-hydrogen) atoms. The number of hydrogen-bond donors (Lipinski definition) is 1. The first-order valence-electron chi connectivity index (χ1n) is 20.1. The first-order valence-corrected chi connectivity index (χ1v) is 20.1. The minimum Gasteiger partial charge on any atom is -0.480 e. The largest absolute Gasteiger partial charge is 0.480 e. The van der Waals surface area contributed by atoms with Crippen LogP contribution in [0.3, 0.4) is 0 Å². The van der Waals surface area contributed by atoms with Crippen LogP contribution in [0.25, 0.3) is 10.8 Å². The molecule has 1 fully saturated rings. The molecule has 0 spiro atoms. The number of carbonyl (C=O) groups is 4. The molecule has 1 atom stereocenters. The summed E-state index contributed by atoms with van der Waals surface area (Å²) >= 11 is 0. The molecular formula is C44H53N5O6. The maximum Gasteiger partial charge on any atom is 0.323 e. The number of fused-ring (bicyclic) bond motifs is 2. The molecule has 2 aromatic carbocycles. The second kappa shape index (κ2) is 19.3. The summed E-state index contributed by atoms with van der Waals surface area (Å²) in [4.78, 5) is 73.1. The summed E-state index contributed by atoms with van der Waals surface area (Å²) in [5.41, 5.74) is 2.20. The van der Waals surface area contributed by atoms with Gasteiger partial charge in [-0.05, 0) is 43.9 Å². The number of imide groups is 1. The third-order valence-corrected chi connectivity index (χ3v) is 11.0. The number of benzene rings is 2. The topological polar surface area (TPSA) is 133 Å². The zero-order valence-electron chi connectivity index (χ0n) is 31.7. The summed E-state index contributed by atoms with van der Waals surface area (Å²) < 4.78 is 1.16. The van der Waals surface area contributed by atoms with Crippen LogP contribution in [0.2, 0.25) is 0 Å². The van der Waals surface area contributed by atoms with Crippen molar-refractivity contribution in [1.82, 2.24) is 14.5 Å². The van der Waals surface area contributed by atoms with Crippen LogP contribution >= 0.6 is 0 Å². The maximum atomic E-state index is 14.3. The normalized spacial score (nSPS) is 15.5. The number of carboxylic acid groups (broad SMARTS) is 1. The van der Waals surface area contributed by atoms with Gasteiger partial charge < -0.3 is 19.5 Å². The van der Waals surface area contributed by atoms with Gasteiger partial charge in [0.15, 0.2) is 0 Å². The van der Waals surface area contributed by atoms with E-state index in [1.165, 1.54) is 42.8 Å². The molecule has 0 saturated carbocycles. The van der Waals surface area contributed by atoms with E-state index in [9.17, 15) is 29.1 Å². The highest BCUT2D eigenvalue weighted by Crippen LogP contribution is 2.31. The summed E-state index contributed by atoms with van der Waals surface area (Å²) in [6.07, 6.45) is 19.7. The number of piperidine rings is 1. The van der Waals surface area contributed by atoms with E-state index in [2.05, 4.69) is 16.0 Å². The molecule has 1 N–H and O–H groups in total. The smallest absolute Gasteiger partial charge is 0.323 e. The minimum atomic E-state index is -1.11. The molecule has 6 rings (SSSR count). The van der Waals surface area contributed by atoms with Crippen LogP contribution in [0.4, 0.5) is 11.4 Å². The molecule has 4 aromatic rings. The van der Waals surface area contributed by atoms with Crippen molar-refractivity contribution >= 4 is 45.8 Å². The van der Waals surface area contributed by atoms with Crippen LogP contribution in [-0.4, -0.2) is 69.4 Å². The molecule has 0 radical (unpaired) electrons. The molecule has 1 saturated heterocycles. The Kier molecular flexibility index (Phi) is 13.8. The second-order valence-electron chi connectivity index (χ2n) is 15.0. The van der Waals surface area contributed by atoms with E-state index in [4.69, 9.17) is 0 Å². The average Bonchev–Trinajstić information content (AvgIpc) is 3.44. The Morgan fingerprint density at radius 1 is 0.745 bits per heavy atom. The van der Waals surface area contributed by atoms with Crippen LogP contribution in [0, 0.1) is 5.92 Å². The first kappa shape index (κ1) is 39.4. The lowest BCUT2D eigenvalue weighted by atomic mass is 9.95. The Labute approximate surface area is 323 Å². The number of aromatic nitrogens is 2. The zero-order chi connectivity index (χ0) is 38.6. The van der Waals surface area contributed by atoms with E-state index in [0.29, 0.717) is 36.4 Å². The number of unbranched alkanes of at least 4 members (excludes halogenated alkanes) is 11. The summed E-state index contributed by atoms with van der Waals surface area (Å²) in [5.74, 6) is -1.70. The molecule has 2 aromatic heterocycles. The quantitative estimate of drug-likeness (QED) is 0.0719. The average molecular weight is 748 g/mol. The van der Waals surface area contributed by atoms with E-state index in [0.717, 1.165) is 91.8 Å². The lowest BCUT2D eigenvalue weighted by Crippen LogP contribution is -2.45. The van der Waals surface area contributed by atoms with E-state index in [-0.39, 0.29) is 23.6 Å². The number of hydrogen-bond acceptors (Lipinski definition) is 7. The van der Waals surface area contributed by atoms with Gasteiger partial charge in [0.2, 0.25) is 5.91 Å². The number of rotatable bonds is 20. The van der Waals surface area contributed by atoms with E-state index < -0.39 is 18.1 Å². The van der Waals surface area contributed by atoms with Crippen LogP contribution in [0.5, 0.6) is 0 Å². The van der Waals surface area contributed by atoms with Crippen molar-refractivity contribution in [2.75, 3.05) is 36.0 Å². The summed E-state index contributed by atoms with van der Waals surface area (Å²) in [5, 5.41) is 11.6. The molecule has 290 valence electrons. The Bertz CT molecular complexity index is 1990. The molecule has 11 heteroatoms. The fourth-order valence-corrected chi connectivity index (χ4v) is 8.03. The first-order chi connectivity index (χ1) is 26.8. The molecule has 2 aliphatic rings. The third kappa shape index (κ3) is 10.1. The lowest BCUT2D eigenvalue weighted by molar-refractivity contribution is -0.137. The van der Waals surface area contributed by atoms with Crippen LogP contribution in [-0.2, 0) is 16.1 Å². The van der Waals surface area contributed by atoms with Crippen molar-refractivity contribution in [1.29, 1.82) is 0 Å². The standard InChI is InChI=1S/C44H53N5O6/c50-40-24-23-35(31-47(40)32-41(51)52)48(42(53)34-19-17-25-46(30-34)39-29-45-28-33-18-11-12-20-36(33)39)26-15-9-7-5-3-1-2-4-6-8-10-16-27-49-43(54)37-21-13-14-22-38(37)44(49)55/h11-14,18,20-24,28-29,31,34H,1-10,15-17,19,25-27,30,32H2,(H,51,52). The fourth-order valence-electron chi connectivity index (χ4n) is 8.03. The van der Waals surface area contributed by atoms with Gasteiger partial charge in [-0.15, -0.1) is 0 Å². The Morgan fingerprint density at radius 3 is 2.04 bits per heavy atom. The van der Waals surface area contributed by atoms with Gasteiger partial charge in [-0.2, -0.15) is 0 Å². The highest BCUT2D eigenvalue weighted by Gasteiger charge is 2.34. The van der Waals surface area contributed by atoms with Gasteiger partial charge in [-0.1, -0.05) is 101 Å². The number of amides is 3. The third-order valence-electron chi connectivity index (χ3n) is 11.0. The SMILES string of the molecule is O=C(O)Cn1cc(N(CCCCCCCCCCCCCCN2C(=O)c3ccccc3C2=O)C(=O)C2CCCN(c3cncc4ccccc34)C2)ccc1=O. The highest BCUT2D eigenvalue weighted by molar-refractivity contribution is 6.21. The summed E-state index contributed by atoms with van der Waals surface area (Å²) in [7, 11) is 0. The number of carbonyl (C=O) groups excluding carboxylic acids is 3. The molecule has 0 aliphatic carbocycles. The Hall–Kier alpha value is -5.32. The van der Waals surface area contributed by atoms with Crippen molar-refractivity contribution in [2.45, 2.75) is 96.4 Å². The van der Waals surface area contributed by atoms with Gasteiger partial charge >= 0.3 is 5.97 Å². The molecule has 2 aliphatic heterocycles. The van der Waals surface area contributed by atoms with Gasteiger partial charge in [0.05, 0.1) is 34.6 Å². The van der Waals surface area contributed by atoms with Crippen LogP contribution in [0.15, 0.2) is 84.0 Å². The number of pyridine rings is 2. The van der Waals surface area contributed by atoms with E-state index in [1.807, 2.05) is 30.6 Å². The minimum absolute atomic E-state index is 0.00186. The number of nitrogens with zero attached hydrogens (tertiary/aromatic N) is 5. The number of aliphatic carboxylic acids is 1. The van der Waals surface area contributed by atoms with Gasteiger partial charge in [-0.3, -0.25) is 33.9 Å². The van der Waals surface area contributed by atoms with Crippen molar-refractivity contribution < 1.29 is 24.3 Å². The predicted molar refractivity (Wildman–Crippen MR) is 215 cm³/mol. The fraction of sp³-hybridized carbons (Fsp3) is 0.455. The van der Waals surface area contributed by atoms with Crippen molar-refractivity contribution in [3.05, 3.63) is 101 Å². The summed E-state index contributed by atoms with van der Waals surface area (Å²) in [6, 6.07) is 18.2. The van der Waals surface area contributed by atoms with Crippen LogP contribution < -0.4 is 15.4 Å². The molecule has 3 amide bonds. The number of carboxylic acids is 1. The molecule has 0 bridgehead atoms. The predicted octanol–water partition coefficient (Wildman–Crippen LogP) is 7.71. The summed E-state index contributed by atoms with van der Waals surface area (Å²) in [6.45, 7) is 1.93. The van der Waals surface area contributed by atoms with Crippen LogP contribution in [0.1, 0.15) is 111 Å². The van der Waals surface area contributed by atoms with E-state index in [1.54, 1.807) is 35.2 Å². The zero-order valence-corrected chi connectivity index (χ0v) is 31.7. The number of anilines is 2. The molecule has 1 unspecified atom stereocenters. The van der Waals surface area contributed by atoms with Gasteiger partial charge in [0, 0.05) is 55.4 Å².